The second-order valence-corrected chi connectivity index (χ2v) is 5.09. The van der Waals surface area contributed by atoms with E-state index in [1.54, 1.807) is 0 Å². The Bertz CT molecular complexity index is 323. The largest absolute Gasteiger partial charge is 0.313 e. The first-order valence-electron chi connectivity index (χ1n) is 6.35. The van der Waals surface area contributed by atoms with Crippen LogP contribution in [-0.2, 0) is 9.59 Å². The van der Waals surface area contributed by atoms with Gasteiger partial charge < -0.3 is 5.32 Å². The fourth-order valence-electron chi connectivity index (χ4n) is 2.55. The van der Waals surface area contributed by atoms with E-state index < -0.39 is 0 Å². The van der Waals surface area contributed by atoms with Crippen LogP contribution < -0.4 is 5.32 Å². The zero-order valence-electron chi connectivity index (χ0n) is 10.5. The molecule has 4 nitrogen and oxygen atoms in total. The second kappa shape index (κ2) is 5.00. The summed E-state index contributed by atoms with van der Waals surface area (Å²) in [6.07, 6.45) is 5.48. The third kappa shape index (κ3) is 2.41. The maximum atomic E-state index is 12.1. The van der Waals surface area contributed by atoms with Gasteiger partial charge in [0.15, 0.2) is 0 Å². The van der Waals surface area contributed by atoms with Crippen molar-refractivity contribution < 1.29 is 9.59 Å². The minimum absolute atomic E-state index is 0.0231. The molecule has 1 N–H and O–H groups in total. The van der Waals surface area contributed by atoms with E-state index in [0.29, 0.717) is 19.1 Å². The fourth-order valence-corrected chi connectivity index (χ4v) is 2.55. The van der Waals surface area contributed by atoms with Crippen molar-refractivity contribution in [2.75, 3.05) is 13.1 Å². The Kier molecular flexibility index (Phi) is 3.62. The van der Waals surface area contributed by atoms with Crippen molar-refractivity contribution >= 4 is 11.8 Å². The summed E-state index contributed by atoms with van der Waals surface area (Å²) in [5.41, 5.74) is 0. The average Bonchev–Trinajstić information content (AvgIpc) is 2.54. The van der Waals surface area contributed by atoms with Gasteiger partial charge in [0, 0.05) is 19.1 Å². The van der Waals surface area contributed by atoms with Gasteiger partial charge in [0.05, 0.1) is 11.8 Å². The molecule has 2 amide bonds. The molecule has 94 valence electrons. The Balaban J connectivity index is 1.95. The van der Waals surface area contributed by atoms with E-state index in [1.165, 1.54) is 4.90 Å². The number of likely N-dealkylation sites (tertiary alicyclic amines) is 1. The second-order valence-electron chi connectivity index (χ2n) is 5.09. The highest BCUT2D eigenvalue weighted by atomic mass is 16.2. The van der Waals surface area contributed by atoms with Gasteiger partial charge in [-0.3, -0.25) is 14.5 Å². The molecule has 2 atom stereocenters. The summed E-state index contributed by atoms with van der Waals surface area (Å²) in [4.78, 5) is 25.6. The SMILES string of the molecule is CC(C)NCCN1C(=O)C2CC=CCC2C1=O. The lowest BCUT2D eigenvalue weighted by molar-refractivity contribution is -0.139. The predicted molar refractivity (Wildman–Crippen MR) is 65.2 cm³/mol. The van der Waals surface area contributed by atoms with Gasteiger partial charge in [-0.15, -0.1) is 0 Å². The molecule has 2 rings (SSSR count). The Hall–Kier alpha value is -1.16. The monoisotopic (exact) mass is 236 g/mol. The van der Waals surface area contributed by atoms with Crippen molar-refractivity contribution in [3.8, 4) is 0 Å². The van der Waals surface area contributed by atoms with Crippen LogP contribution in [-0.4, -0.2) is 35.8 Å². The minimum atomic E-state index is -0.0912. The molecule has 1 saturated heterocycles. The molecule has 0 spiro atoms. The van der Waals surface area contributed by atoms with Gasteiger partial charge in [-0.1, -0.05) is 26.0 Å². The third-order valence-corrected chi connectivity index (χ3v) is 3.49. The molecule has 17 heavy (non-hydrogen) atoms. The molecule has 1 fully saturated rings. The normalized spacial score (nSPS) is 28.1. The van der Waals surface area contributed by atoms with E-state index in [-0.39, 0.29) is 23.7 Å². The number of nitrogens with one attached hydrogen (secondary N) is 1. The van der Waals surface area contributed by atoms with Gasteiger partial charge in [0.1, 0.15) is 0 Å². The van der Waals surface area contributed by atoms with Gasteiger partial charge in [-0.25, -0.2) is 0 Å². The Morgan fingerprint density at radius 1 is 1.24 bits per heavy atom. The van der Waals surface area contributed by atoms with E-state index in [2.05, 4.69) is 19.2 Å². The summed E-state index contributed by atoms with van der Waals surface area (Å²) in [6.45, 7) is 5.29. The number of fused-ring (bicyclic) bond motifs is 1. The molecule has 1 aliphatic heterocycles. The molecular formula is C13H20N2O2. The van der Waals surface area contributed by atoms with Crippen LogP contribution >= 0.6 is 0 Å². The smallest absolute Gasteiger partial charge is 0.233 e. The van der Waals surface area contributed by atoms with Gasteiger partial charge in [-0.05, 0) is 12.8 Å². The summed E-state index contributed by atoms with van der Waals surface area (Å²) >= 11 is 0. The first-order valence-corrected chi connectivity index (χ1v) is 6.35. The molecule has 0 saturated carbocycles. The molecule has 0 aromatic carbocycles. The first-order chi connectivity index (χ1) is 8.11. The van der Waals surface area contributed by atoms with E-state index in [0.717, 1.165) is 12.8 Å². The van der Waals surface area contributed by atoms with Crippen molar-refractivity contribution in [2.45, 2.75) is 32.7 Å². The van der Waals surface area contributed by atoms with Gasteiger partial charge in [0.2, 0.25) is 11.8 Å². The van der Waals surface area contributed by atoms with E-state index in [9.17, 15) is 9.59 Å². The van der Waals surface area contributed by atoms with Crippen LogP contribution in [0.3, 0.4) is 0 Å². The fraction of sp³-hybridized carbons (Fsp3) is 0.692. The minimum Gasteiger partial charge on any atom is -0.313 e. The molecule has 0 radical (unpaired) electrons. The summed E-state index contributed by atoms with van der Waals surface area (Å²) in [7, 11) is 0. The highest BCUT2D eigenvalue weighted by molar-refractivity contribution is 6.05. The highest BCUT2D eigenvalue weighted by Crippen LogP contribution is 2.34. The van der Waals surface area contributed by atoms with Crippen LogP contribution in [0.25, 0.3) is 0 Å². The number of nitrogens with zero attached hydrogens (tertiary/aromatic N) is 1. The maximum Gasteiger partial charge on any atom is 0.233 e. The number of carbonyl (C=O) groups excluding carboxylic acids is 2. The Morgan fingerprint density at radius 3 is 2.24 bits per heavy atom. The van der Waals surface area contributed by atoms with Crippen LogP contribution in [0.1, 0.15) is 26.7 Å². The molecule has 0 bridgehead atoms. The van der Waals surface area contributed by atoms with E-state index in [1.807, 2.05) is 12.2 Å². The van der Waals surface area contributed by atoms with E-state index >= 15 is 0 Å². The number of amides is 2. The number of carbonyl (C=O) groups is 2. The average molecular weight is 236 g/mol. The molecule has 2 unspecified atom stereocenters. The third-order valence-electron chi connectivity index (χ3n) is 3.49. The molecule has 4 heteroatoms. The zero-order chi connectivity index (χ0) is 12.4. The van der Waals surface area contributed by atoms with Crippen molar-refractivity contribution in [1.29, 1.82) is 0 Å². The molecule has 1 heterocycles. The molecule has 1 aliphatic carbocycles. The van der Waals surface area contributed by atoms with Crippen molar-refractivity contribution in [3.63, 3.8) is 0 Å². The molecule has 0 aromatic rings. The highest BCUT2D eigenvalue weighted by Gasteiger charge is 2.46. The molecular weight excluding hydrogens is 216 g/mol. The zero-order valence-corrected chi connectivity index (χ0v) is 10.5. The van der Waals surface area contributed by atoms with Crippen molar-refractivity contribution in [2.24, 2.45) is 11.8 Å². The topological polar surface area (TPSA) is 49.4 Å². The van der Waals surface area contributed by atoms with E-state index in [4.69, 9.17) is 0 Å². The number of imide groups is 1. The van der Waals surface area contributed by atoms with Gasteiger partial charge in [-0.2, -0.15) is 0 Å². The Labute approximate surface area is 102 Å². The number of rotatable bonds is 4. The van der Waals surface area contributed by atoms with Crippen LogP contribution in [0, 0.1) is 11.8 Å². The lowest BCUT2D eigenvalue weighted by Crippen LogP contribution is -2.38. The summed E-state index contributed by atoms with van der Waals surface area (Å²) < 4.78 is 0. The maximum absolute atomic E-state index is 12.1. The summed E-state index contributed by atoms with van der Waals surface area (Å²) in [5.74, 6) is -0.136. The number of hydrogen-bond acceptors (Lipinski definition) is 3. The predicted octanol–water partition coefficient (Wildman–Crippen LogP) is 0.936. The number of hydrogen-bond donors (Lipinski definition) is 1. The van der Waals surface area contributed by atoms with Crippen LogP contribution in [0.4, 0.5) is 0 Å². The molecule has 2 aliphatic rings. The standard InChI is InChI=1S/C13H20N2O2/c1-9(2)14-7-8-15-12(16)10-5-3-4-6-11(10)13(15)17/h3-4,9-11,14H,5-8H2,1-2H3. The lowest BCUT2D eigenvalue weighted by Gasteiger charge is -2.16. The lowest BCUT2D eigenvalue weighted by atomic mass is 9.85. The van der Waals surface area contributed by atoms with Crippen molar-refractivity contribution in [3.05, 3.63) is 12.2 Å². The van der Waals surface area contributed by atoms with Crippen molar-refractivity contribution in [1.82, 2.24) is 10.2 Å². The summed E-state index contributed by atoms with van der Waals surface area (Å²) in [6, 6.07) is 0.381. The van der Waals surface area contributed by atoms with Crippen LogP contribution in [0.5, 0.6) is 0 Å². The van der Waals surface area contributed by atoms with Crippen LogP contribution in [0.2, 0.25) is 0 Å². The number of allylic oxidation sites excluding steroid dienone is 2. The first kappa shape index (κ1) is 12.3. The quantitative estimate of drug-likeness (QED) is 0.583. The Morgan fingerprint density at radius 2 is 1.76 bits per heavy atom. The van der Waals surface area contributed by atoms with Crippen LogP contribution in [0.15, 0.2) is 12.2 Å². The van der Waals surface area contributed by atoms with Gasteiger partial charge in [0.25, 0.3) is 0 Å². The van der Waals surface area contributed by atoms with Gasteiger partial charge >= 0.3 is 0 Å². The summed E-state index contributed by atoms with van der Waals surface area (Å²) in [5, 5.41) is 3.23. The molecule has 0 aromatic heterocycles.